The summed E-state index contributed by atoms with van der Waals surface area (Å²) >= 11 is 1.72. The summed E-state index contributed by atoms with van der Waals surface area (Å²) in [7, 11) is 3.27. The topological polar surface area (TPSA) is 50.8 Å². The number of likely N-dealkylation sites (tertiary alicyclic amines) is 1. The molecule has 1 N–H and O–H groups in total. The van der Waals surface area contributed by atoms with Crippen molar-refractivity contribution in [1.82, 2.24) is 4.90 Å². The van der Waals surface area contributed by atoms with Gasteiger partial charge in [-0.05, 0) is 42.8 Å². The van der Waals surface area contributed by atoms with E-state index in [0.29, 0.717) is 17.9 Å². The van der Waals surface area contributed by atoms with E-state index in [1.807, 2.05) is 29.2 Å². The molecule has 1 saturated heterocycles. The van der Waals surface area contributed by atoms with Crippen LogP contribution in [-0.4, -0.2) is 44.2 Å². The van der Waals surface area contributed by atoms with Crippen LogP contribution in [0.3, 0.4) is 0 Å². The number of rotatable bonds is 7. The Hall–Kier alpha value is -2.21. The largest absolute Gasteiger partial charge is 0.493 e. The quantitative estimate of drug-likeness (QED) is 0.801. The van der Waals surface area contributed by atoms with Crippen LogP contribution < -0.4 is 14.8 Å². The van der Waals surface area contributed by atoms with Gasteiger partial charge in [-0.25, -0.2) is 0 Å². The van der Waals surface area contributed by atoms with Crippen molar-refractivity contribution in [1.29, 1.82) is 0 Å². The Morgan fingerprint density at radius 1 is 1.27 bits per heavy atom. The highest BCUT2D eigenvalue weighted by Crippen LogP contribution is 2.30. The summed E-state index contributed by atoms with van der Waals surface area (Å²) < 4.78 is 10.6. The van der Waals surface area contributed by atoms with E-state index in [1.54, 1.807) is 25.6 Å². The zero-order valence-electron chi connectivity index (χ0n) is 15.4. The van der Waals surface area contributed by atoms with Gasteiger partial charge in [-0.15, -0.1) is 11.3 Å². The zero-order chi connectivity index (χ0) is 18.4. The first kappa shape index (κ1) is 18.6. The van der Waals surface area contributed by atoms with Gasteiger partial charge >= 0.3 is 0 Å². The number of hydrogen-bond acceptors (Lipinski definition) is 5. The third-order valence-corrected chi connectivity index (χ3v) is 5.63. The Morgan fingerprint density at radius 2 is 2.12 bits per heavy atom. The van der Waals surface area contributed by atoms with Crippen molar-refractivity contribution < 1.29 is 14.3 Å². The summed E-state index contributed by atoms with van der Waals surface area (Å²) in [6.07, 6.45) is 3.50. The molecule has 0 radical (unpaired) electrons. The molecule has 0 spiro atoms. The highest BCUT2D eigenvalue weighted by molar-refractivity contribution is 7.09. The summed E-state index contributed by atoms with van der Waals surface area (Å²) in [5.74, 6) is 1.67. The van der Waals surface area contributed by atoms with Crippen LogP contribution in [0.15, 0.2) is 35.7 Å². The molecule has 0 unspecified atom stereocenters. The van der Waals surface area contributed by atoms with Gasteiger partial charge in [0.05, 0.1) is 14.2 Å². The molecule has 140 valence electrons. The van der Waals surface area contributed by atoms with Gasteiger partial charge < -0.3 is 19.7 Å². The van der Waals surface area contributed by atoms with Crippen molar-refractivity contribution in [2.24, 2.45) is 0 Å². The number of thiophene rings is 1. The number of nitrogens with zero attached hydrogens (tertiary/aromatic N) is 1. The third-order valence-electron chi connectivity index (χ3n) is 4.69. The number of piperidine rings is 1. The van der Waals surface area contributed by atoms with E-state index in [2.05, 4.69) is 16.8 Å². The lowest BCUT2D eigenvalue weighted by atomic mass is 10.0. The minimum absolute atomic E-state index is 0.247. The first-order chi connectivity index (χ1) is 12.7. The molecular formula is C20H26N2O3S. The van der Waals surface area contributed by atoms with Crippen molar-refractivity contribution in [3.8, 4) is 11.5 Å². The number of carbonyl (C=O) groups excluding carboxylic acids is 1. The highest BCUT2D eigenvalue weighted by atomic mass is 32.1. The van der Waals surface area contributed by atoms with E-state index >= 15 is 0 Å². The van der Waals surface area contributed by atoms with Gasteiger partial charge in [0.15, 0.2) is 11.5 Å². The first-order valence-corrected chi connectivity index (χ1v) is 9.86. The number of methoxy groups -OCH3 is 2. The smallest absolute Gasteiger partial charge is 0.223 e. The van der Waals surface area contributed by atoms with Crippen LogP contribution in [0.25, 0.3) is 0 Å². The number of aryl methyl sites for hydroxylation is 1. The Kier molecular flexibility index (Phi) is 6.39. The predicted molar refractivity (Wildman–Crippen MR) is 105 cm³/mol. The lowest BCUT2D eigenvalue weighted by Gasteiger charge is -2.34. The maximum Gasteiger partial charge on any atom is 0.223 e. The zero-order valence-corrected chi connectivity index (χ0v) is 16.2. The second-order valence-corrected chi connectivity index (χ2v) is 7.50. The van der Waals surface area contributed by atoms with Crippen LogP contribution in [0.4, 0.5) is 5.69 Å². The number of amides is 1. The molecule has 6 heteroatoms. The van der Waals surface area contributed by atoms with E-state index in [-0.39, 0.29) is 11.9 Å². The second kappa shape index (κ2) is 8.94. The third kappa shape index (κ3) is 4.69. The van der Waals surface area contributed by atoms with Crippen molar-refractivity contribution in [3.63, 3.8) is 0 Å². The number of ether oxygens (including phenoxy) is 2. The Morgan fingerprint density at radius 3 is 2.85 bits per heavy atom. The molecule has 26 heavy (non-hydrogen) atoms. The lowest BCUT2D eigenvalue weighted by Crippen LogP contribution is -2.45. The maximum absolute atomic E-state index is 12.5. The molecule has 2 heterocycles. The Bertz CT molecular complexity index is 718. The van der Waals surface area contributed by atoms with Crippen LogP contribution in [0.1, 0.15) is 24.1 Å². The molecule has 1 atom stereocenters. The number of nitrogens with one attached hydrogen (secondary N) is 1. The number of carbonyl (C=O) groups is 1. The van der Waals surface area contributed by atoms with Crippen LogP contribution >= 0.6 is 11.3 Å². The average molecular weight is 375 g/mol. The standard InChI is InChI=1S/C20H26N2O3S/c1-24-18-9-7-15(13-19(18)25-2)21-16-5-3-11-22(14-16)20(23)10-8-17-6-4-12-26-17/h4,6-7,9,12-13,16,21H,3,5,8,10-11,14H2,1-2H3/t16-/m1/s1. The average Bonchev–Trinajstić information content (AvgIpc) is 3.20. The van der Waals surface area contributed by atoms with Gasteiger partial charge in [0.2, 0.25) is 5.91 Å². The molecule has 2 aromatic rings. The van der Waals surface area contributed by atoms with Gasteiger partial charge in [0.25, 0.3) is 0 Å². The van der Waals surface area contributed by atoms with Crippen molar-refractivity contribution in [2.75, 3.05) is 32.6 Å². The van der Waals surface area contributed by atoms with Crippen LogP contribution in [0, 0.1) is 0 Å². The Labute approximate surface area is 158 Å². The molecular weight excluding hydrogens is 348 g/mol. The maximum atomic E-state index is 12.5. The molecule has 1 aromatic heterocycles. The summed E-state index contributed by atoms with van der Waals surface area (Å²) in [6, 6.07) is 10.2. The SMILES string of the molecule is COc1ccc(N[C@@H]2CCCN(C(=O)CCc3cccs3)C2)cc1OC. The van der Waals surface area contributed by atoms with E-state index < -0.39 is 0 Å². The van der Waals surface area contributed by atoms with Crippen LogP contribution in [-0.2, 0) is 11.2 Å². The van der Waals surface area contributed by atoms with Crippen molar-refractivity contribution >= 4 is 22.9 Å². The van der Waals surface area contributed by atoms with Gasteiger partial charge in [-0.1, -0.05) is 6.07 Å². The molecule has 3 rings (SSSR count). The van der Waals surface area contributed by atoms with Gasteiger partial charge in [0.1, 0.15) is 0 Å². The predicted octanol–water partition coefficient (Wildman–Crippen LogP) is 3.80. The fraction of sp³-hybridized carbons (Fsp3) is 0.450. The van der Waals surface area contributed by atoms with E-state index in [0.717, 1.165) is 38.0 Å². The minimum atomic E-state index is 0.247. The first-order valence-electron chi connectivity index (χ1n) is 8.98. The van der Waals surface area contributed by atoms with E-state index in [1.165, 1.54) is 4.88 Å². The summed E-state index contributed by atoms with van der Waals surface area (Å²) in [4.78, 5) is 15.8. The molecule has 1 aliphatic rings. The van der Waals surface area contributed by atoms with Crippen LogP contribution in [0.2, 0.25) is 0 Å². The Balaban J connectivity index is 1.55. The molecule has 1 amide bonds. The van der Waals surface area contributed by atoms with E-state index in [4.69, 9.17) is 9.47 Å². The molecule has 5 nitrogen and oxygen atoms in total. The summed E-state index contributed by atoms with van der Waals surface area (Å²) in [5, 5.41) is 5.59. The summed E-state index contributed by atoms with van der Waals surface area (Å²) in [5.41, 5.74) is 0.987. The van der Waals surface area contributed by atoms with Crippen molar-refractivity contribution in [2.45, 2.75) is 31.7 Å². The van der Waals surface area contributed by atoms with Crippen LogP contribution in [0.5, 0.6) is 11.5 Å². The fourth-order valence-electron chi connectivity index (χ4n) is 3.33. The second-order valence-electron chi connectivity index (χ2n) is 6.47. The van der Waals surface area contributed by atoms with Crippen molar-refractivity contribution in [3.05, 3.63) is 40.6 Å². The molecule has 0 aliphatic carbocycles. The minimum Gasteiger partial charge on any atom is -0.493 e. The molecule has 0 saturated carbocycles. The fourth-order valence-corrected chi connectivity index (χ4v) is 4.04. The van der Waals surface area contributed by atoms with E-state index in [9.17, 15) is 4.79 Å². The lowest BCUT2D eigenvalue weighted by molar-refractivity contribution is -0.132. The number of benzene rings is 1. The molecule has 1 aromatic carbocycles. The normalized spacial score (nSPS) is 17.0. The molecule has 1 aliphatic heterocycles. The summed E-state index contributed by atoms with van der Waals surface area (Å²) in [6.45, 7) is 1.60. The van der Waals surface area contributed by atoms with Gasteiger partial charge in [0, 0.05) is 42.2 Å². The molecule has 1 fully saturated rings. The number of anilines is 1. The van der Waals surface area contributed by atoms with Gasteiger partial charge in [-0.3, -0.25) is 4.79 Å². The molecule has 0 bridgehead atoms. The van der Waals surface area contributed by atoms with Gasteiger partial charge in [-0.2, -0.15) is 0 Å². The highest BCUT2D eigenvalue weighted by Gasteiger charge is 2.23. The monoisotopic (exact) mass is 374 g/mol. The number of hydrogen-bond donors (Lipinski definition) is 1.